The van der Waals surface area contributed by atoms with Gasteiger partial charge in [-0.15, -0.1) is 0 Å². The minimum atomic E-state index is -0.489. The molecule has 0 spiro atoms. The van der Waals surface area contributed by atoms with Crippen molar-refractivity contribution >= 4 is 28.9 Å². The number of fused-ring (bicyclic) bond motifs is 1. The van der Waals surface area contributed by atoms with Crippen molar-refractivity contribution in [1.29, 1.82) is 0 Å². The fraction of sp³-hybridized carbons (Fsp3) is 0.423. The topological polar surface area (TPSA) is 125 Å². The zero-order valence-corrected chi connectivity index (χ0v) is 21.8. The maximum atomic E-state index is 12.4. The third kappa shape index (κ3) is 5.72. The third-order valence-corrected chi connectivity index (χ3v) is 6.28. The van der Waals surface area contributed by atoms with Crippen LogP contribution in [0.15, 0.2) is 41.1 Å². The van der Waals surface area contributed by atoms with Crippen molar-refractivity contribution in [2.75, 3.05) is 31.5 Å². The van der Waals surface area contributed by atoms with Crippen molar-refractivity contribution in [2.45, 2.75) is 46.3 Å². The molecule has 0 bridgehead atoms. The van der Waals surface area contributed by atoms with E-state index < -0.39 is 5.60 Å². The summed E-state index contributed by atoms with van der Waals surface area (Å²) in [5, 5.41) is 7.14. The molecule has 0 aliphatic carbocycles. The largest absolute Gasteiger partial charge is 0.444 e. The summed E-state index contributed by atoms with van der Waals surface area (Å²) in [6.45, 7) is 12.4. The Balaban J connectivity index is 1.24. The average Bonchev–Trinajstić information content (AvgIpc) is 3.47. The van der Waals surface area contributed by atoms with Crippen LogP contribution in [0.2, 0.25) is 0 Å². The van der Waals surface area contributed by atoms with E-state index in [0.717, 1.165) is 35.2 Å². The molecule has 3 aromatic heterocycles. The van der Waals surface area contributed by atoms with Crippen molar-refractivity contribution in [3.63, 3.8) is 0 Å². The summed E-state index contributed by atoms with van der Waals surface area (Å²) in [5.41, 5.74) is 3.13. The van der Waals surface area contributed by atoms with E-state index in [0.29, 0.717) is 36.6 Å². The number of hydrogen-bond donors (Lipinski definition) is 2. The Kier molecular flexibility index (Phi) is 6.55. The minimum absolute atomic E-state index is 0.167. The average molecular weight is 505 g/mol. The molecule has 1 aromatic carbocycles. The van der Waals surface area contributed by atoms with Crippen LogP contribution in [0.25, 0.3) is 22.5 Å². The highest BCUT2D eigenvalue weighted by molar-refractivity contribution is 5.82. The fourth-order valence-corrected chi connectivity index (χ4v) is 4.34. The van der Waals surface area contributed by atoms with Crippen molar-refractivity contribution < 1.29 is 14.1 Å². The molecule has 1 unspecified atom stereocenters. The molecule has 11 nitrogen and oxygen atoms in total. The molecular formula is C26H32N8O3. The van der Waals surface area contributed by atoms with Gasteiger partial charge in [-0.25, -0.2) is 14.8 Å². The number of rotatable bonds is 5. The van der Waals surface area contributed by atoms with Crippen molar-refractivity contribution in [2.24, 2.45) is 0 Å². The number of amides is 1. The molecule has 2 N–H and O–H groups in total. The third-order valence-electron chi connectivity index (χ3n) is 6.28. The predicted octanol–water partition coefficient (Wildman–Crippen LogP) is 4.67. The summed E-state index contributed by atoms with van der Waals surface area (Å²) < 4.78 is 10.8. The first kappa shape index (κ1) is 24.7. The van der Waals surface area contributed by atoms with Gasteiger partial charge in [0.1, 0.15) is 11.4 Å². The van der Waals surface area contributed by atoms with Crippen molar-refractivity contribution in [1.82, 2.24) is 34.9 Å². The lowest BCUT2D eigenvalue weighted by Gasteiger charge is -2.38. The highest BCUT2D eigenvalue weighted by Crippen LogP contribution is 2.26. The van der Waals surface area contributed by atoms with Gasteiger partial charge >= 0.3 is 6.09 Å². The Morgan fingerprint density at radius 1 is 1.14 bits per heavy atom. The lowest BCUT2D eigenvalue weighted by molar-refractivity contribution is 0.0110. The van der Waals surface area contributed by atoms with E-state index >= 15 is 0 Å². The lowest BCUT2D eigenvalue weighted by atomic mass is 10.1. The zero-order chi connectivity index (χ0) is 26.2. The van der Waals surface area contributed by atoms with Crippen LogP contribution in [0.1, 0.15) is 45.1 Å². The normalized spacial score (nSPS) is 15.6. The SMILES string of the molecule is Cc1noc(-c2ccc3nc(Nc4cc(C(C)N5CCN(C(=O)OC(C)(C)C)CC5)ccn4)[nH]c3c2)n1. The molecule has 194 valence electrons. The second-order valence-electron chi connectivity index (χ2n) is 10.2. The van der Waals surface area contributed by atoms with Gasteiger partial charge < -0.3 is 24.5 Å². The highest BCUT2D eigenvalue weighted by atomic mass is 16.6. The first-order chi connectivity index (χ1) is 17.6. The van der Waals surface area contributed by atoms with E-state index in [1.807, 2.05) is 51.1 Å². The first-order valence-corrected chi connectivity index (χ1v) is 12.4. The number of aromatic amines is 1. The van der Waals surface area contributed by atoms with Gasteiger partial charge in [0.2, 0.25) is 5.95 Å². The van der Waals surface area contributed by atoms with Crippen molar-refractivity contribution in [3.8, 4) is 11.5 Å². The van der Waals surface area contributed by atoms with Crippen LogP contribution in [0.4, 0.5) is 16.6 Å². The zero-order valence-electron chi connectivity index (χ0n) is 21.8. The van der Waals surface area contributed by atoms with E-state index in [1.165, 1.54) is 0 Å². The summed E-state index contributed by atoms with van der Waals surface area (Å²) in [6.07, 6.45) is 1.55. The molecule has 1 atom stereocenters. The second-order valence-corrected chi connectivity index (χ2v) is 10.2. The highest BCUT2D eigenvalue weighted by Gasteiger charge is 2.28. The number of piperazine rings is 1. The van der Waals surface area contributed by atoms with Gasteiger partial charge in [-0.1, -0.05) is 5.16 Å². The number of hydrogen-bond acceptors (Lipinski definition) is 9. The number of nitrogens with zero attached hydrogens (tertiary/aromatic N) is 6. The number of anilines is 2. The number of nitrogens with one attached hydrogen (secondary N) is 2. The molecule has 1 aliphatic rings. The fourth-order valence-electron chi connectivity index (χ4n) is 4.34. The number of carbonyl (C=O) groups excluding carboxylic acids is 1. The molecule has 1 saturated heterocycles. The van der Waals surface area contributed by atoms with Gasteiger partial charge in [-0.3, -0.25) is 4.90 Å². The van der Waals surface area contributed by atoms with Gasteiger partial charge in [0.25, 0.3) is 5.89 Å². The van der Waals surface area contributed by atoms with Gasteiger partial charge in [0.15, 0.2) is 5.82 Å². The van der Waals surface area contributed by atoms with Crippen LogP contribution in [0.3, 0.4) is 0 Å². The summed E-state index contributed by atoms with van der Waals surface area (Å²) in [7, 11) is 0. The lowest BCUT2D eigenvalue weighted by Crippen LogP contribution is -2.50. The quantitative estimate of drug-likeness (QED) is 0.399. The van der Waals surface area contributed by atoms with Gasteiger partial charge in [0.05, 0.1) is 11.0 Å². The number of ether oxygens (including phenoxy) is 1. The van der Waals surface area contributed by atoms with E-state index in [2.05, 4.69) is 42.2 Å². The molecule has 1 aliphatic heterocycles. The number of carbonyl (C=O) groups is 1. The monoisotopic (exact) mass is 504 g/mol. The maximum absolute atomic E-state index is 12.4. The Labute approximate surface area is 215 Å². The maximum Gasteiger partial charge on any atom is 0.410 e. The number of aryl methyl sites for hydroxylation is 1. The minimum Gasteiger partial charge on any atom is -0.444 e. The standard InChI is InChI=1S/C26H32N8O3/c1-16(33-10-12-34(13-11-33)25(35)36-26(3,4)5)18-8-9-27-22(15-18)31-24-29-20-7-6-19(14-21(20)30-24)23-28-17(2)32-37-23/h6-9,14-16H,10-13H2,1-5H3,(H2,27,29,30,31). The summed E-state index contributed by atoms with van der Waals surface area (Å²) in [6, 6.07) is 9.97. The second kappa shape index (κ2) is 9.81. The van der Waals surface area contributed by atoms with E-state index in [1.54, 1.807) is 18.0 Å². The first-order valence-electron chi connectivity index (χ1n) is 12.4. The predicted molar refractivity (Wildman–Crippen MR) is 139 cm³/mol. The molecule has 37 heavy (non-hydrogen) atoms. The molecule has 4 aromatic rings. The summed E-state index contributed by atoms with van der Waals surface area (Å²) in [4.78, 5) is 33.2. The molecule has 11 heteroatoms. The van der Waals surface area contributed by atoms with Crippen LogP contribution < -0.4 is 5.32 Å². The smallest absolute Gasteiger partial charge is 0.410 e. The summed E-state index contributed by atoms with van der Waals surface area (Å²) in [5.74, 6) is 2.35. The van der Waals surface area contributed by atoms with E-state index in [4.69, 9.17) is 9.26 Å². The van der Waals surface area contributed by atoms with E-state index in [-0.39, 0.29) is 12.1 Å². The van der Waals surface area contributed by atoms with Crippen LogP contribution in [-0.4, -0.2) is 72.8 Å². The van der Waals surface area contributed by atoms with Crippen LogP contribution in [0, 0.1) is 6.92 Å². The van der Waals surface area contributed by atoms with Crippen LogP contribution >= 0.6 is 0 Å². The molecular weight excluding hydrogens is 472 g/mol. The van der Waals surface area contributed by atoms with E-state index in [9.17, 15) is 4.79 Å². The molecule has 4 heterocycles. The number of pyridine rings is 1. The van der Waals surface area contributed by atoms with Crippen molar-refractivity contribution in [3.05, 3.63) is 47.9 Å². The Morgan fingerprint density at radius 3 is 2.62 bits per heavy atom. The molecule has 0 radical (unpaired) electrons. The molecule has 1 fully saturated rings. The summed E-state index contributed by atoms with van der Waals surface area (Å²) >= 11 is 0. The number of benzene rings is 1. The Morgan fingerprint density at radius 2 is 1.92 bits per heavy atom. The van der Waals surface area contributed by atoms with Crippen LogP contribution in [0.5, 0.6) is 0 Å². The van der Waals surface area contributed by atoms with Crippen LogP contribution in [-0.2, 0) is 4.74 Å². The molecule has 5 rings (SSSR count). The number of H-pyrrole nitrogens is 1. The molecule has 0 saturated carbocycles. The number of aromatic nitrogens is 5. The van der Waals surface area contributed by atoms with Gasteiger partial charge in [0, 0.05) is 44.0 Å². The number of imidazole rings is 1. The Hall–Kier alpha value is -3.99. The van der Waals surface area contributed by atoms with Gasteiger partial charge in [-0.2, -0.15) is 4.98 Å². The van der Waals surface area contributed by atoms with Gasteiger partial charge in [-0.05, 0) is 70.5 Å². The Bertz CT molecular complexity index is 1400. The molecule has 1 amide bonds.